The minimum Gasteiger partial charge on any atom is -0.508 e. The molecule has 0 aliphatic rings. The minimum absolute atomic E-state index is 0.120. The Kier molecular flexibility index (Phi) is 4.60. The number of ether oxygens (including phenoxy) is 2. The molecular formula is C11H14O5. The van der Waals surface area contributed by atoms with Gasteiger partial charge in [0.1, 0.15) is 11.5 Å². The first-order chi connectivity index (χ1) is 7.63. The average molecular weight is 226 g/mol. The molecule has 88 valence electrons. The molecule has 1 aromatic carbocycles. The highest BCUT2D eigenvalue weighted by molar-refractivity contribution is 5.90. The van der Waals surface area contributed by atoms with Gasteiger partial charge in [-0.3, -0.25) is 0 Å². The second-order valence-corrected chi connectivity index (χ2v) is 3.22. The van der Waals surface area contributed by atoms with Crippen molar-refractivity contribution in [3.05, 3.63) is 23.8 Å². The number of benzene rings is 1. The fraction of sp³-hybridized carbons (Fsp3) is 0.364. The molecule has 0 unspecified atom stereocenters. The second kappa shape index (κ2) is 5.97. The lowest BCUT2D eigenvalue weighted by Gasteiger charge is -2.05. The van der Waals surface area contributed by atoms with Gasteiger partial charge in [0.15, 0.2) is 0 Å². The Morgan fingerprint density at radius 2 is 1.81 bits per heavy atom. The molecular weight excluding hydrogens is 212 g/mol. The molecule has 0 atom stereocenters. The van der Waals surface area contributed by atoms with Crippen molar-refractivity contribution < 1.29 is 24.5 Å². The molecule has 0 amide bonds. The predicted molar refractivity (Wildman–Crippen MR) is 56.5 cm³/mol. The molecule has 1 aromatic rings. The molecule has 0 radical (unpaired) electrons. The molecule has 5 heteroatoms. The van der Waals surface area contributed by atoms with Gasteiger partial charge >= 0.3 is 5.97 Å². The van der Waals surface area contributed by atoms with Gasteiger partial charge in [0.05, 0.1) is 12.2 Å². The molecule has 0 aliphatic carbocycles. The topological polar surface area (TPSA) is 76.0 Å². The first-order valence-corrected chi connectivity index (χ1v) is 4.82. The van der Waals surface area contributed by atoms with E-state index in [1.54, 1.807) is 7.11 Å². The van der Waals surface area contributed by atoms with Crippen molar-refractivity contribution in [2.24, 2.45) is 0 Å². The number of carbonyl (C=O) groups excluding carboxylic acids is 1. The summed E-state index contributed by atoms with van der Waals surface area (Å²) >= 11 is 0. The summed E-state index contributed by atoms with van der Waals surface area (Å²) in [4.78, 5) is 11.4. The summed E-state index contributed by atoms with van der Waals surface area (Å²) in [7, 11) is 1.56. The predicted octanol–water partition coefficient (Wildman–Crippen LogP) is 1.29. The van der Waals surface area contributed by atoms with Crippen LogP contribution < -0.4 is 0 Å². The van der Waals surface area contributed by atoms with Gasteiger partial charge in [0.2, 0.25) is 0 Å². The van der Waals surface area contributed by atoms with Crippen LogP contribution >= 0.6 is 0 Å². The quantitative estimate of drug-likeness (QED) is 0.584. The zero-order valence-electron chi connectivity index (χ0n) is 8.97. The van der Waals surface area contributed by atoms with E-state index in [2.05, 4.69) is 0 Å². The van der Waals surface area contributed by atoms with Crippen molar-refractivity contribution in [1.82, 2.24) is 0 Å². The molecule has 0 saturated heterocycles. The summed E-state index contributed by atoms with van der Waals surface area (Å²) in [5.74, 6) is -0.935. The first kappa shape index (κ1) is 12.3. The van der Waals surface area contributed by atoms with E-state index in [1.807, 2.05) is 0 Å². The number of rotatable bonds is 5. The highest BCUT2D eigenvalue weighted by Crippen LogP contribution is 2.20. The van der Waals surface area contributed by atoms with Crippen LogP contribution in [-0.4, -0.2) is 36.5 Å². The Balaban J connectivity index is 2.52. The Morgan fingerprint density at radius 3 is 2.38 bits per heavy atom. The van der Waals surface area contributed by atoms with E-state index in [-0.39, 0.29) is 23.7 Å². The number of hydrogen-bond acceptors (Lipinski definition) is 5. The fourth-order valence-electron chi connectivity index (χ4n) is 1.16. The van der Waals surface area contributed by atoms with Gasteiger partial charge in [-0.2, -0.15) is 0 Å². The summed E-state index contributed by atoms with van der Waals surface area (Å²) in [6, 6.07) is 3.61. The highest BCUT2D eigenvalue weighted by Gasteiger charge is 2.09. The highest BCUT2D eigenvalue weighted by atomic mass is 16.5. The third kappa shape index (κ3) is 3.78. The average Bonchev–Trinajstić information content (AvgIpc) is 2.22. The van der Waals surface area contributed by atoms with E-state index in [1.165, 1.54) is 12.1 Å². The van der Waals surface area contributed by atoms with E-state index < -0.39 is 5.97 Å². The lowest BCUT2D eigenvalue weighted by Crippen LogP contribution is -2.07. The third-order valence-corrected chi connectivity index (χ3v) is 1.86. The molecule has 0 heterocycles. The Labute approximate surface area is 93.2 Å². The summed E-state index contributed by atoms with van der Waals surface area (Å²) in [5.41, 5.74) is 0.120. The molecule has 0 fully saturated rings. The van der Waals surface area contributed by atoms with Gasteiger partial charge in [-0.15, -0.1) is 0 Å². The maximum atomic E-state index is 11.4. The third-order valence-electron chi connectivity index (χ3n) is 1.86. The van der Waals surface area contributed by atoms with Crippen LogP contribution in [0.4, 0.5) is 0 Å². The van der Waals surface area contributed by atoms with Gasteiger partial charge in [-0.25, -0.2) is 4.79 Å². The van der Waals surface area contributed by atoms with Crippen molar-refractivity contribution in [1.29, 1.82) is 0 Å². The molecule has 0 aliphatic heterocycles. The normalized spacial score (nSPS) is 10.1. The second-order valence-electron chi connectivity index (χ2n) is 3.22. The molecule has 0 aromatic heterocycles. The van der Waals surface area contributed by atoms with Crippen LogP contribution in [0.15, 0.2) is 18.2 Å². The van der Waals surface area contributed by atoms with Crippen molar-refractivity contribution in [2.45, 2.75) is 6.42 Å². The lowest BCUT2D eigenvalue weighted by atomic mass is 10.2. The van der Waals surface area contributed by atoms with Crippen LogP contribution in [-0.2, 0) is 9.47 Å². The lowest BCUT2D eigenvalue weighted by molar-refractivity contribution is 0.0467. The minimum atomic E-state index is -0.581. The summed E-state index contributed by atoms with van der Waals surface area (Å²) < 4.78 is 9.70. The number of phenolic OH excluding ortho intramolecular Hbond substituents is 2. The van der Waals surface area contributed by atoms with Crippen LogP contribution in [0.5, 0.6) is 11.5 Å². The molecule has 0 saturated carbocycles. The maximum absolute atomic E-state index is 11.4. The van der Waals surface area contributed by atoms with Gasteiger partial charge in [-0.05, 0) is 12.1 Å². The monoisotopic (exact) mass is 226 g/mol. The summed E-state index contributed by atoms with van der Waals surface area (Å²) in [6.07, 6.45) is 0.604. The Hall–Kier alpha value is -1.75. The van der Waals surface area contributed by atoms with Gasteiger partial charge in [0.25, 0.3) is 0 Å². The van der Waals surface area contributed by atoms with Crippen LogP contribution in [0.25, 0.3) is 0 Å². The number of aromatic hydroxyl groups is 2. The zero-order valence-corrected chi connectivity index (χ0v) is 8.97. The molecule has 5 nitrogen and oxygen atoms in total. The Bertz CT molecular complexity index is 341. The maximum Gasteiger partial charge on any atom is 0.338 e. The van der Waals surface area contributed by atoms with Crippen molar-refractivity contribution >= 4 is 5.97 Å². The molecule has 0 spiro atoms. The number of hydrogen-bond donors (Lipinski definition) is 2. The van der Waals surface area contributed by atoms with Gasteiger partial charge < -0.3 is 19.7 Å². The largest absolute Gasteiger partial charge is 0.508 e. The van der Waals surface area contributed by atoms with Gasteiger partial charge in [-0.1, -0.05) is 0 Å². The summed E-state index contributed by atoms with van der Waals surface area (Å²) in [5, 5.41) is 18.3. The van der Waals surface area contributed by atoms with Crippen LogP contribution in [0.2, 0.25) is 0 Å². The smallest absolute Gasteiger partial charge is 0.338 e. The van der Waals surface area contributed by atoms with Gasteiger partial charge in [0, 0.05) is 26.2 Å². The van der Waals surface area contributed by atoms with E-state index in [0.29, 0.717) is 13.0 Å². The van der Waals surface area contributed by atoms with Crippen molar-refractivity contribution in [3.63, 3.8) is 0 Å². The van der Waals surface area contributed by atoms with E-state index in [4.69, 9.17) is 19.7 Å². The number of esters is 1. The molecule has 0 bridgehead atoms. The number of carbonyl (C=O) groups is 1. The number of methoxy groups -OCH3 is 1. The first-order valence-electron chi connectivity index (χ1n) is 4.82. The number of phenols is 2. The van der Waals surface area contributed by atoms with Crippen LogP contribution in [0.1, 0.15) is 16.8 Å². The SMILES string of the molecule is COCCCOC(=O)c1cc(O)cc(O)c1. The molecule has 1 rings (SSSR count). The van der Waals surface area contributed by atoms with Crippen LogP contribution in [0, 0.1) is 0 Å². The summed E-state index contributed by atoms with van der Waals surface area (Å²) in [6.45, 7) is 0.752. The van der Waals surface area contributed by atoms with Crippen LogP contribution in [0.3, 0.4) is 0 Å². The van der Waals surface area contributed by atoms with Crippen molar-refractivity contribution in [3.8, 4) is 11.5 Å². The Morgan fingerprint density at radius 1 is 1.19 bits per heavy atom. The van der Waals surface area contributed by atoms with E-state index in [0.717, 1.165) is 6.07 Å². The molecule has 2 N–H and O–H groups in total. The standard InChI is InChI=1S/C11H14O5/c1-15-3-2-4-16-11(14)8-5-9(12)7-10(13)6-8/h5-7,12-13H,2-4H2,1H3. The van der Waals surface area contributed by atoms with E-state index in [9.17, 15) is 4.79 Å². The molecule has 16 heavy (non-hydrogen) atoms. The zero-order chi connectivity index (χ0) is 12.0. The van der Waals surface area contributed by atoms with E-state index >= 15 is 0 Å². The fourth-order valence-corrected chi connectivity index (χ4v) is 1.16. The van der Waals surface area contributed by atoms with Crippen molar-refractivity contribution in [2.75, 3.05) is 20.3 Å².